The summed E-state index contributed by atoms with van der Waals surface area (Å²) in [5, 5.41) is 6.04. The van der Waals surface area contributed by atoms with Gasteiger partial charge in [-0.25, -0.2) is 4.79 Å². The number of halogens is 5. The molecule has 0 aliphatic rings. The standard InChI is InChI=1S/C24H22BrClF3N3O/c1-16-2-9-20(10-3-16)30-23(33)31-21-14-18(25)6-11-22(21)32(13-12-24(27,28)29)15-17-4-7-19(26)8-5-17/h2-11,14H,12-13,15H2,1H3,(H2,30,31,33). The molecule has 0 bridgehead atoms. The van der Waals surface area contributed by atoms with Gasteiger partial charge in [-0.1, -0.05) is 57.4 Å². The van der Waals surface area contributed by atoms with Gasteiger partial charge in [0.15, 0.2) is 0 Å². The molecular weight excluding hydrogens is 519 g/mol. The van der Waals surface area contributed by atoms with Crippen molar-refractivity contribution >= 4 is 50.6 Å². The Kier molecular flexibility index (Phi) is 8.26. The molecule has 4 nitrogen and oxygen atoms in total. The zero-order valence-corrected chi connectivity index (χ0v) is 20.1. The first-order valence-electron chi connectivity index (χ1n) is 10.1. The maximum Gasteiger partial charge on any atom is 0.390 e. The second-order valence-corrected chi connectivity index (χ2v) is 8.87. The Hall–Kier alpha value is -2.71. The van der Waals surface area contributed by atoms with Gasteiger partial charge in [-0.05, 0) is 55.0 Å². The summed E-state index contributed by atoms with van der Waals surface area (Å²) in [6.45, 7) is 1.87. The number of alkyl halides is 3. The number of rotatable bonds is 7. The Morgan fingerprint density at radius 3 is 2.30 bits per heavy atom. The van der Waals surface area contributed by atoms with Crippen molar-refractivity contribution in [2.24, 2.45) is 0 Å². The zero-order valence-electron chi connectivity index (χ0n) is 17.7. The number of benzene rings is 3. The lowest BCUT2D eigenvalue weighted by molar-refractivity contribution is -0.132. The zero-order chi connectivity index (χ0) is 24.0. The van der Waals surface area contributed by atoms with Crippen molar-refractivity contribution in [1.82, 2.24) is 0 Å². The Labute approximate surface area is 203 Å². The van der Waals surface area contributed by atoms with Gasteiger partial charge in [-0.2, -0.15) is 13.2 Å². The molecule has 0 aliphatic heterocycles. The molecule has 9 heteroatoms. The van der Waals surface area contributed by atoms with Crippen LogP contribution in [0, 0.1) is 6.92 Å². The molecule has 3 rings (SSSR count). The van der Waals surface area contributed by atoms with Crippen LogP contribution in [0.3, 0.4) is 0 Å². The van der Waals surface area contributed by atoms with Crippen molar-refractivity contribution in [2.45, 2.75) is 26.1 Å². The van der Waals surface area contributed by atoms with Crippen LogP contribution in [0.5, 0.6) is 0 Å². The fourth-order valence-electron chi connectivity index (χ4n) is 3.16. The maximum atomic E-state index is 13.0. The maximum absolute atomic E-state index is 13.0. The SMILES string of the molecule is Cc1ccc(NC(=O)Nc2cc(Br)ccc2N(CCC(F)(F)F)Cc2ccc(Cl)cc2)cc1. The molecule has 3 aromatic carbocycles. The molecule has 0 unspecified atom stereocenters. The van der Waals surface area contributed by atoms with Crippen LogP contribution in [-0.4, -0.2) is 18.8 Å². The van der Waals surface area contributed by atoms with E-state index in [4.69, 9.17) is 11.6 Å². The average Bonchev–Trinajstić information content (AvgIpc) is 2.74. The molecule has 0 spiro atoms. The summed E-state index contributed by atoms with van der Waals surface area (Å²) in [5.74, 6) is 0. The number of hydrogen-bond donors (Lipinski definition) is 2. The largest absolute Gasteiger partial charge is 0.390 e. The highest BCUT2D eigenvalue weighted by Gasteiger charge is 2.28. The number of carbonyl (C=O) groups excluding carboxylic acids is 1. The number of hydrogen-bond acceptors (Lipinski definition) is 2. The van der Waals surface area contributed by atoms with Crippen LogP contribution in [0.1, 0.15) is 17.5 Å². The first-order chi connectivity index (χ1) is 15.6. The molecule has 174 valence electrons. The van der Waals surface area contributed by atoms with E-state index in [1.165, 1.54) is 0 Å². The van der Waals surface area contributed by atoms with E-state index in [1.54, 1.807) is 59.5 Å². The molecule has 0 atom stereocenters. The molecule has 0 saturated carbocycles. The van der Waals surface area contributed by atoms with Crippen molar-refractivity contribution in [1.29, 1.82) is 0 Å². The van der Waals surface area contributed by atoms with E-state index < -0.39 is 18.6 Å². The number of carbonyl (C=O) groups is 1. The van der Waals surface area contributed by atoms with E-state index in [9.17, 15) is 18.0 Å². The van der Waals surface area contributed by atoms with Crippen LogP contribution in [0.2, 0.25) is 5.02 Å². The summed E-state index contributed by atoms with van der Waals surface area (Å²) in [4.78, 5) is 14.2. The molecule has 3 aromatic rings. The van der Waals surface area contributed by atoms with E-state index in [2.05, 4.69) is 26.6 Å². The smallest absolute Gasteiger partial charge is 0.365 e. The Morgan fingerprint density at radius 2 is 1.67 bits per heavy atom. The second kappa shape index (κ2) is 10.9. The third-order valence-electron chi connectivity index (χ3n) is 4.81. The minimum atomic E-state index is -4.32. The average molecular weight is 541 g/mol. The fraction of sp³-hybridized carbons (Fsp3) is 0.208. The van der Waals surface area contributed by atoms with E-state index in [0.717, 1.165) is 11.1 Å². The quantitative estimate of drug-likeness (QED) is 0.319. The number of urea groups is 1. The highest BCUT2D eigenvalue weighted by molar-refractivity contribution is 9.10. The van der Waals surface area contributed by atoms with Crippen LogP contribution in [0.4, 0.5) is 35.0 Å². The predicted octanol–water partition coefficient (Wildman–Crippen LogP) is 8.01. The van der Waals surface area contributed by atoms with Crippen molar-refractivity contribution in [2.75, 3.05) is 22.1 Å². The summed E-state index contributed by atoms with van der Waals surface area (Å²) in [6, 6.07) is 18.7. The monoisotopic (exact) mass is 539 g/mol. The Bertz CT molecular complexity index is 1090. The lowest BCUT2D eigenvalue weighted by Gasteiger charge is -2.28. The summed E-state index contributed by atoms with van der Waals surface area (Å²) < 4.78 is 39.8. The molecule has 0 aliphatic carbocycles. The number of nitrogens with zero attached hydrogens (tertiary/aromatic N) is 1. The van der Waals surface area contributed by atoms with Crippen LogP contribution >= 0.6 is 27.5 Å². The highest BCUT2D eigenvalue weighted by atomic mass is 79.9. The van der Waals surface area contributed by atoms with Gasteiger partial charge in [0.2, 0.25) is 0 Å². The van der Waals surface area contributed by atoms with Gasteiger partial charge >= 0.3 is 12.2 Å². The summed E-state index contributed by atoms with van der Waals surface area (Å²) in [6.07, 6.45) is -5.31. The molecular formula is C24H22BrClF3N3O. The van der Waals surface area contributed by atoms with E-state index in [0.29, 0.717) is 26.6 Å². The molecule has 0 radical (unpaired) electrons. The topological polar surface area (TPSA) is 44.4 Å². The number of anilines is 3. The summed E-state index contributed by atoms with van der Waals surface area (Å²) >= 11 is 9.31. The highest BCUT2D eigenvalue weighted by Crippen LogP contribution is 2.32. The number of amides is 2. The molecule has 0 saturated heterocycles. The van der Waals surface area contributed by atoms with E-state index in [1.807, 2.05) is 19.1 Å². The van der Waals surface area contributed by atoms with Crippen LogP contribution in [0.25, 0.3) is 0 Å². The Balaban J connectivity index is 1.86. The third-order valence-corrected chi connectivity index (χ3v) is 5.55. The fourth-order valence-corrected chi connectivity index (χ4v) is 3.65. The van der Waals surface area contributed by atoms with Gasteiger partial charge in [0.25, 0.3) is 0 Å². The molecule has 33 heavy (non-hydrogen) atoms. The number of nitrogens with one attached hydrogen (secondary N) is 2. The minimum absolute atomic E-state index is 0.211. The molecule has 2 amide bonds. The molecule has 0 fully saturated rings. The van der Waals surface area contributed by atoms with E-state index >= 15 is 0 Å². The first kappa shape index (κ1) is 24.9. The summed E-state index contributed by atoms with van der Waals surface area (Å²) in [5.41, 5.74) is 3.30. The van der Waals surface area contributed by atoms with Crippen LogP contribution in [-0.2, 0) is 6.54 Å². The minimum Gasteiger partial charge on any atom is -0.365 e. The first-order valence-corrected chi connectivity index (χ1v) is 11.3. The van der Waals surface area contributed by atoms with Gasteiger partial charge in [0, 0.05) is 28.3 Å². The normalized spacial score (nSPS) is 11.2. The van der Waals surface area contributed by atoms with Crippen molar-refractivity contribution in [3.8, 4) is 0 Å². The Morgan fingerprint density at radius 1 is 1.00 bits per heavy atom. The van der Waals surface area contributed by atoms with Gasteiger partial charge in [-0.3, -0.25) is 0 Å². The third kappa shape index (κ3) is 7.98. The predicted molar refractivity (Wildman–Crippen MR) is 131 cm³/mol. The molecule has 2 N–H and O–H groups in total. The van der Waals surface area contributed by atoms with Gasteiger partial charge in [0.1, 0.15) is 0 Å². The molecule has 0 aromatic heterocycles. The van der Waals surface area contributed by atoms with Crippen LogP contribution < -0.4 is 15.5 Å². The lowest BCUT2D eigenvalue weighted by Crippen LogP contribution is -2.29. The van der Waals surface area contributed by atoms with Crippen molar-refractivity contribution in [3.05, 3.63) is 87.4 Å². The van der Waals surface area contributed by atoms with Gasteiger partial charge in [0.05, 0.1) is 17.8 Å². The van der Waals surface area contributed by atoms with Crippen molar-refractivity contribution < 1.29 is 18.0 Å². The van der Waals surface area contributed by atoms with Gasteiger partial charge in [-0.15, -0.1) is 0 Å². The number of aryl methyl sites for hydroxylation is 1. The summed E-state index contributed by atoms with van der Waals surface area (Å²) in [7, 11) is 0. The molecule has 0 heterocycles. The van der Waals surface area contributed by atoms with Crippen molar-refractivity contribution in [3.63, 3.8) is 0 Å². The second-order valence-electron chi connectivity index (χ2n) is 7.52. The van der Waals surface area contributed by atoms with Gasteiger partial charge < -0.3 is 15.5 Å². The van der Waals surface area contributed by atoms with Crippen LogP contribution in [0.15, 0.2) is 71.2 Å². The lowest BCUT2D eigenvalue weighted by atomic mass is 10.1. The van der Waals surface area contributed by atoms with E-state index in [-0.39, 0.29) is 13.1 Å².